The molecule has 0 aliphatic rings. The van der Waals surface area contributed by atoms with E-state index in [-0.39, 0.29) is 6.04 Å². The lowest BCUT2D eigenvalue weighted by molar-refractivity contribution is 0.141. The fourth-order valence-corrected chi connectivity index (χ4v) is 1.59. The second-order valence-corrected chi connectivity index (χ2v) is 4.48. The summed E-state index contributed by atoms with van der Waals surface area (Å²) < 4.78 is 6.20. The van der Waals surface area contributed by atoms with Gasteiger partial charge in [0.25, 0.3) is 0 Å². The highest BCUT2D eigenvalue weighted by atomic mass is 79.9. The summed E-state index contributed by atoms with van der Waals surface area (Å²) in [6.45, 7) is 8.22. The SMILES string of the molecule is CCNc1ncc(Br)c(NC(C)COCC)n1. The van der Waals surface area contributed by atoms with Gasteiger partial charge < -0.3 is 15.4 Å². The number of hydrogen-bond donors (Lipinski definition) is 2. The first-order valence-electron chi connectivity index (χ1n) is 5.78. The number of halogens is 1. The molecule has 96 valence electrons. The summed E-state index contributed by atoms with van der Waals surface area (Å²) in [6, 6.07) is 0.204. The molecule has 0 bridgehead atoms. The van der Waals surface area contributed by atoms with Crippen LogP contribution in [0.3, 0.4) is 0 Å². The molecule has 1 aromatic rings. The van der Waals surface area contributed by atoms with Crippen LogP contribution < -0.4 is 10.6 Å². The Bertz CT molecular complexity index is 348. The highest BCUT2D eigenvalue weighted by molar-refractivity contribution is 9.10. The van der Waals surface area contributed by atoms with Crippen LogP contribution in [0.2, 0.25) is 0 Å². The molecule has 0 spiro atoms. The largest absolute Gasteiger partial charge is 0.380 e. The smallest absolute Gasteiger partial charge is 0.224 e. The van der Waals surface area contributed by atoms with E-state index in [0.717, 1.165) is 23.4 Å². The van der Waals surface area contributed by atoms with Gasteiger partial charge in [0.15, 0.2) is 0 Å². The zero-order chi connectivity index (χ0) is 12.7. The van der Waals surface area contributed by atoms with Crippen LogP contribution in [0.5, 0.6) is 0 Å². The Morgan fingerprint density at radius 2 is 2.24 bits per heavy atom. The molecule has 6 heteroatoms. The van der Waals surface area contributed by atoms with E-state index in [1.165, 1.54) is 0 Å². The van der Waals surface area contributed by atoms with Crippen LogP contribution in [0.25, 0.3) is 0 Å². The normalized spacial score (nSPS) is 12.2. The van der Waals surface area contributed by atoms with Crippen molar-refractivity contribution >= 4 is 27.7 Å². The monoisotopic (exact) mass is 302 g/mol. The molecule has 0 aromatic carbocycles. The molecule has 0 amide bonds. The van der Waals surface area contributed by atoms with Crippen LogP contribution in [-0.4, -0.2) is 35.8 Å². The van der Waals surface area contributed by atoms with E-state index < -0.39 is 0 Å². The average molecular weight is 303 g/mol. The van der Waals surface area contributed by atoms with Gasteiger partial charge >= 0.3 is 0 Å². The molecule has 0 radical (unpaired) electrons. The lowest BCUT2D eigenvalue weighted by atomic mass is 10.3. The number of nitrogens with one attached hydrogen (secondary N) is 2. The molecule has 0 saturated carbocycles. The molecule has 1 atom stereocenters. The number of ether oxygens (including phenoxy) is 1. The number of hydrogen-bond acceptors (Lipinski definition) is 5. The zero-order valence-electron chi connectivity index (χ0n) is 10.5. The van der Waals surface area contributed by atoms with Crippen LogP contribution in [0.1, 0.15) is 20.8 Å². The summed E-state index contributed by atoms with van der Waals surface area (Å²) in [7, 11) is 0. The number of rotatable bonds is 7. The minimum Gasteiger partial charge on any atom is -0.380 e. The predicted octanol–water partition coefficient (Wildman–Crippen LogP) is 2.51. The van der Waals surface area contributed by atoms with E-state index >= 15 is 0 Å². The van der Waals surface area contributed by atoms with Gasteiger partial charge in [-0.25, -0.2) is 4.98 Å². The highest BCUT2D eigenvalue weighted by Crippen LogP contribution is 2.20. The molecule has 0 aliphatic heterocycles. The van der Waals surface area contributed by atoms with Gasteiger partial charge in [0, 0.05) is 25.4 Å². The summed E-state index contributed by atoms with van der Waals surface area (Å²) >= 11 is 3.42. The van der Waals surface area contributed by atoms with Crippen molar-refractivity contribution in [3.05, 3.63) is 10.7 Å². The quantitative estimate of drug-likeness (QED) is 0.810. The fraction of sp³-hybridized carbons (Fsp3) is 0.636. The first-order valence-corrected chi connectivity index (χ1v) is 6.57. The van der Waals surface area contributed by atoms with Gasteiger partial charge in [-0.15, -0.1) is 0 Å². The van der Waals surface area contributed by atoms with Crippen LogP contribution in [-0.2, 0) is 4.74 Å². The minimum absolute atomic E-state index is 0.204. The Hall–Kier alpha value is -0.880. The van der Waals surface area contributed by atoms with Crippen LogP contribution in [0.15, 0.2) is 10.7 Å². The van der Waals surface area contributed by atoms with E-state index in [2.05, 4.69) is 43.5 Å². The molecule has 1 heterocycles. The summed E-state index contributed by atoms with van der Waals surface area (Å²) in [5, 5.41) is 6.36. The maximum atomic E-state index is 5.35. The standard InChI is InChI=1S/C11H19BrN4O/c1-4-13-11-14-6-9(12)10(16-11)15-8(3)7-17-5-2/h6,8H,4-5,7H2,1-3H3,(H2,13,14,15,16). The van der Waals surface area contributed by atoms with Gasteiger partial charge in [-0.2, -0.15) is 4.98 Å². The zero-order valence-corrected chi connectivity index (χ0v) is 12.0. The molecule has 1 rings (SSSR count). The third-order valence-electron chi connectivity index (χ3n) is 2.03. The Labute approximate surface area is 111 Å². The summed E-state index contributed by atoms with van der Waals surface area (Å²) in [6.07, 6.45) is 1.74. The molecule has 17 heavy (non-hydrogen) atoms. The van der Waals surface area contributed by atoms with Gasteiger partial charge in [-0.1, -0.05) is 0 Å². The van der Waals surface area contributed by atoms with Crippen molar-refractivity contribution in [3.8, 4) is 0 Å². The molecule has 0 saturated heterocycles. The van der Waals surface area contributed by atoms with Crippen molar-refractivity contribution in [3.63, 3.8) is 0 Å². The van der Waals surface area contributed by atoms with Gasteiger partial charge in [0.05, 0.1) is 11.1 Å². The van der Waals surface area contributed by atoms with Crippen molar-refractivity contribution in [2.75, 3.05) is 30.4 Å². The number of aromatic nitrogens is 2. The van der Waals surface area contributed by atoms with E-state index in [1.54, 1.807) is 6.20 Å². The van der Waals surface area contributed by atoms with E-state index in [9.17, 15) is 0 Å². The lowest BCUT2D eigenvalue weighted by Gasteiger charge is -2.15. The lowest BCUT2D eigenvalue weighted by Crippen LogP contribution is -2.23. The van der Waals surface area contributed by atoms with Crippen molar-refractivity contribution in [1.29, 1.82) is 0 Å². The summed E-state index contributed by atoms with van der Waals surface area (Å²) in [5.41, 5.74) is 0. The van der Waals surface area contributed by atoms with E-state index in [4.69, 9.17) is 4.74 Å². The van der Waals surface area contributed by atoms with Crippen molar-refractivity contribution in [2.45, 2.75) is 26.8 Å². The first-order chi connectivity index (χ1) is 8.17. The first kappa shape index (κ1) is 14.2. The van der Waals surface area contributed by atoms with Crippen molar-refractivity contribution in [1.82, 2.24) is 9.97 Å². The fourth-order valence-electron chi connectivity index (χ4n) is 1.28. The van der Waals surface area contributed by atoms with E-state index in [0.29, 0.717) is 12.6 Å². The van der Waals surface area contributed by atoms with Crippen LogP contribution in [0.4, 0.5) is 11.8 Å². The Morgan fingerprint density at radius 3 is 2.88 bits per heavy atom. The molecular weight excluding hydrogens is 284 g/mol. The van der Waals surface area contributed by atoms with Crippen molar-refractivity contribution < 1.29 is 4.74 Å². The van der Waals surface area contributed by atoms with Gasteiger partial charge in [0.1, 0.15) is 5.82 Å². The van der Waals surface area contributed by atoms with Crippen LogP contribution in [0, 0.1) is 0 Å². The number of nitrogens with zero attached hydrogens (tertiary/aromatic N) is 2. The Kier molecular flexibility index (Phi) is 6.21. The summed E-state index contributed by atoms with van der Waals surface area (Å²) in [5.74, 6) is 1.41. The molecular formula is C11H19BrN4O. The highest BCUT2D eigenvalue weighted by Gasteiger charge is 2.08. The summed E-state index contributed by atoms with van der Waals surface area (Å²) in [4.78, 5) is 8.53. The van der Waals surface area contributed by atoms with E-state index in [1.807, 2.05) is 13.8 Å². The molecule has 2 N–H and O–H groups in total. The molecule has 0 aliphatic carbocycles. The van der Waals surface area contributed by atoms with Gasteiger partial charge in [0.2, 0.25) is 5.95 Å². The average Bonchev–Trinajstić information content (AvgIpc) is 2.31. The predicted molar refractivity (Wildman–Crippen MR) is 73.5 cm³/mol. The molecule has 0 fully saturated rings. The second-order valence-electron chi connectivity index (χ2n) is 3.63. The Morgan fingerprint density at radius 1 is 1.47 bits per heavy atom. The van der Waals surface area contributed by atoms with Gasteiger partial charge in [-0.3, -0.25) is 0 Å². The van der Waals surface area contributed by atoms with Crippen molar-refractivity contribution in [2.24, 2.45) is 0 Å². The maximum absolute atomic E-state index is 5.35. The third kappa shape index (κ3) is 4.87. The molecule has 1 unspecified atom stereocenters. The molecule has 1 aromatic heterocycles. The topological polar surface area (TPSA) is 59.1 Å². The minimum atomic E-state index is 0.204. The Balaban J connectivity index is 2.64. The molecule has 5 nitrogen and oxygen atoms in total. The van der Waals surface area contributed by atoms with Gasteiger partial charge in [-0.05, 0) is 36.7 Å². The van der Waals surface area contributed by atoms with Crippen LogP contribution >= 0.6 is 15.9 Å². The number of anilines is 2. The third-order valence-corrected chi connectivity index (χ3v) is 2.61. The second kappa shape index (κ2) is 7.45. The maximum Gasteiger partial charge on any atom is 0.224 e.